The normalized spacial score (nSPS) is 13.6. The first-order valence-corrected chi connectivity index (χ1v) is 27.5. The van der Waals surface area contributed by atoms with E-state index in [0.29, 0.717) is 19.3 Å². The molecular formula is C58H105NO5. The topological polar surface area (TPSA) is 95.9 Å². The summed E-state index contributed by atoms with van der Waals surface area (Å²) < 4.78 is 5.88. The molecule has 0 fully saturated rings. The lowest BCUT2D eigenvalue weighted by Crippen LogP contribution is -2.46. The first-order valence-electron chi connectivity index (χ1n) is 27.5. The van der Waals surface area contributed by atoms with Gasteiger partial charge in [0.1, 0.15) is 6.10 Å². The van der Waals surface area contributed by atoms with Crippen molar-refractivity contribution in [2.75, 3.05) is 6.61 Å². The Bertz CT molecular complexity index is 1140. The molecule has 0 rings (SSSR count). The molecule has 3 unspecified atom stereocenters. The third-order valence-electron chi connectivity index (χ3n) is 12.4. The van der Waals surface area contributed by atoms with Crippen LogP contribution in [0, 0.1) is 0 Å². The van der Waals surface area contributed by atoms with E-state index >= 15 is 0 Å². The molecule has 0 aromatic heterocycles. The van der Waals surface area contributed by atoms with Crippen LogP contribution in [0.15, 0.2) is 60.8 Å². The molecule has 0 aromatic carbocycles. The van der Waals surface area contributed by atoms with E-state index < -0.39 is 18.2 Å². The van der Waals surface area contributed by atoms with Gasteiger partial charge in [-0.05, 0) is 44.9 Å². The number of esters is 1. The van der Waals surface area contributed by atoms with Gasteiger partial charge in [0.05, 0.1) is 25.2 Å². The molecule has 0 saturated heterocycles. The maximum Gasteiger partial charge on any atom is 0.306 e. The highest BCUT2D eigenvalue weighted by atomic mass is 16.5. The van der Waals surface area contributed by atoms with Gasteiger partial charge in [0.15, 0.2) is 0 Å². The van der Waals surface area contributed by atoms with Gasteiger partial charge in [0.25, 0.3) is 0 Å². The molecule has 3 atom stereocenters. The second kappa shape index (κ2) is 51.5. The minimum absolute atomic E-state index is 0.00108. The van der Waals surface area contributed by atoms with Crippen LogP contribution >= 0.6 is 0 Å². The maximum atomic E-state index is 13.2. The Labute approximate surface area is 397 Å². The third-order valence-corrected chi connectivity index (χ3v) is 12.4. The van der Waals surface area contributed by atoms with Gasteiger partial charge in [0, 0.05) is 12.8 Å². The van der Waals surface area contributed by atoms with Crippen molar-refractivity contribution in [3.05, 3.63) is 60.8 Å². The fraction of sp³-hybridized carbons (Fsp3) is 0.793. The van der Waals surface area contributed by atoms with Crippen molar-refractivity contribution < 1.29 is 24.5 Å². The number of aliphatic hydroxyl groups excluding tert-OH is 2. The number of carbonyl (C=O) groups excluding carboxylic acids is 2. The largest absolute Gasteiger partial charge is 0.461 e. The second-order valence-corrected chi connectivity index (χ2v) is 18.6. The minimum Gasteiger partial charge on any atom is -0.461 e. The average molecular weight is 896 g/mol. The third kappa shape index (κ3) is 46.1. The summed E-state index contributed by atoms with van der Waals surface area (Å²) in [7, 11) is 0. The van der Waals surface area contributed by atoms with Gasteiger partial charge in [-0.1, -0.05) is 268 Å². The van der Waals surface area contributed by atoms with Crippen LogP contribution < -0.4 is 5.32 Å². The van der Waals surface area contributed by atoms with E-state index in [1.165, 1.54) is 154 Å². The molecule has 0 aliphatic carbocycles. The fourth-order valence-corrected chi connectivity index (χ4v) is 8.22. The zero-order valence-corrected chi connectivity index (χ0v) is 42.4. The molecule has 6 nitrogen and oxygen atoms in total. The molecule has 0 bridgehead atoms. The Kier molecular flexibility index (Phi) is 49.6. The number of nitrogens with one attached hydrogen (secondary N) is 1. The SMILES string of the molecule is CC/C=C\C/C=C\C/C=C\C/C=C\C/C=C\CC(CC(=O)NC(CO)C(O)CCCCCCCCCCCCCCCC)OC(=O)CCCCCCCCCCCCCCCCCC. The van der Waals surface area contributed by atoms with Crippen LogP contribution in [0.25, 0.3) is 0 Å². The van der Waals surface area contributed by atoms with Crippen molar-refractivity contribution in [2.24, 2.45) is 0 Å². The van der Waals surface area contributed by atoms with Crippen LogP contribution in [-0.4, -0.2) is 46.9 Å². The molecule has 0 heterocycles. The van der Waals surface area contributed by atoms with E-state index in [1.54, 1.807) is 0 Å². The Morgan fingerprint density at radius 1 is 0.469 bits per heavy atom. The number of rotatable bonds is 49. The monoisotopic (exact) mass is 896 g/mol. The molecule has 0 aromatic rings. The van der Waals surface area contributed by atoms with Gasteiger partial charge in [-0.15, -0.1) is 0 Å². The number of amides is 1. The number of carbonyl (C=O) groups is 2. The lowest BCUT2D eigenvalue weighted by atomic mass is 10.0. The number of ether oxygens (including phenoxy) is 1. The summed E-state index contributed by atoms with van der Waals surface area (Å²) >= 11 is 0. The Morgan fingerprint density at radius 2 is 0.812 bits per heavy atom. The van der Waals surface area contributed by atoms with Crippen LogP contribution in [0.2, 0.25) is 0 Å². The van der Waals surface area contributed by atoms with Crippen molar-refractivity contribution >= 4 is 11.9 Å². The van der Waals surface area contributed by atoms with Crippen molar-refractivity contribution in [2.45, 2.75) is 289 Å². The summed E-state index contributed by atoms with van der Waals surface area (Å²) in [5, 5.41) is 23.8. The first kappa shape index (κ1) is 61.6. The molecule has 372 valence electrons. The fourth-order valence-electron chi connectivity index (χ4n) is 8.22. The number of unbranched alkanes of at least 4 members (excludes halogenated alkanes) is 28. The van der Waals surface area contributed by atoms with Crippen LogP contribution in [0.3, 0.4) is 0 Å². The molecule has 0 spiro atoms. The van der Waals surface area contributed by atoms with Crippen molar-refractivity contribution in [1.29, 1.82) is 0 Å². The van der Waals surface area contributed by atoms with Crippen LogP contribution in [0.4, 0.5) is 0 Å². The predicted octanol–water partition coefficient (Wildman–Crippen LogP) is 16.8. The maximum absolute atomic E-state index is 13.2. The number of allylic oxidation sites excluding steroid dienone is 9. The molecule has 0 saturated carbocycles. The van der Waals surface area contributed by atoms with Gasteiger partial charge in [-0.2, -0.15) is 0 Å². The van der Waals surface area contributed by atoms with E-state index in [4.69, 9.17) is 4.74 Å². The van der Waals surface area contributed by atoms with Gasteiger partial charge in [0.2, 0.25) is 5.91 Å². The summed E-state index contributed by atoms with van der Waals surface area (Å²) in [6, 6.07) is -0.732. The van der Waals surface area contributed by atoms with Crippen LogP contribution in [0.5, 0.6) is 0 Å². The van der Waals surface area contributed by atoms with Crippen molar-refractivity contribution in [3.8, 4) is 0 Å². The average Bonchev–Trinajstić information content (AvgIpc) is 3.29. The Balaban J connectivity index is 4.66. The summed E-state index contributed by atoms with van der Waals surface area (Å²) in [5.74, 6) is -0.571. The van der Waals surface area contributed by atoms with E-state index in [2.05, 4.69) is 80.8 Å². The summed E-state index contributed by atoms with van der Waals surface area (Å²) in [6.07, 6.45) is 64.4. The van der Waals surface area contributed by atoms with E-state index in [0.717, 1.165) is 70.6 Å². The standard InChI is InChI=1S/C58H105NO5/c1-4-7-10-13-16-19-22-25-28-30-33-36-39-42-45-48-51-58(63)64-54(49-46-43-40-37-34-31-29-26-23-20-17-14-11-8-5-2)52-57(62)59-55(53-60)56(61)50-47-44-41-38-35-32-27-24-21-18-15-12-9-6-3/h8,11,17,20,26,29,34,37,43,46,54-56,60-61H,4-7,9-10,12-16,18-19,21-25,27-28,30-33,35-36,38-42,44-45,47-53H2,1-3H3,(H,59,62)/b11-8-,20-17-,29-26-,37-34-,46-43-. The highest BCUT2D eigenvalue weighted by molar-refractivity contribution is 5.77. The van der Waals surface area contributed by atoms with Gasteiger partial charge < -0.3 is 20.3 Å². The molecule has 3 N–H and O–H groups in total. The number of hydrogen-bond acceptors (Lipinski definition) is 5. The van der Waals surface area contributed by atoms with Gasteiger partial charge in [-0.25, -0.2) is 0 Å². The highest BCUT2D eigenvalue weighted by Gasteiger charge is 2.23. The number of hydrogen-bond donors (Lipinski definition) is 3. The molecule has 64 heavy (non-hydrogen) atoms. The van der Waals surface area contributed by atoms with Gasteiger partial charge in [-0.3, -0.25) is 9.59 Å². The van der Waals surface area contributed by atoms with Gasteiger partial charge >= 0.3 is 5.97 Å². The van der Waals surface area contributed by atoms with Crippen LogP contribution in [-0.2, 0) is 14.3 Å². The Morgan fingerprint density at radius 3 is 1.19 bits per heavy atom. The van der Waals surface area contributed by atoms with E-state index in [1.807, 2.05) is 6.08 Å². The molecule has 1 amide bonds. The summed E-state index contributed by atoms with van der Waals surface area (Å²) in [6.45, 7) is 6.36. The lowest BCUT2D eigenvalue weighted by molar-refractivity contribution is -0.150. The molecular weight excluding hydrogens is 791 g/mol. The molecule has 0 aliphatic rings. The first-order chi connectivity index (χ1) is 31.5. The van der Waals surface area contributed by atoms with Crippen molar-refractivity contribution in [1.82, 2.24) is 5.32 Å². The quantitative estimate of drug-likeness (QED) is 0.0321. The van der Waals surface area contributed by atoms with Crippen molar-refractivity contribution in [3.63, 3.8) is 0 Å². The highest BCUT2D eigenvalue weighted by Crippen LogP contribution is 2.17. The molecule has 6 heteroatoms. The lowest BCUT2D eigenvalue weighted by Gasteiger charge is -2.24. The summed E-state index contributed by atoms with van der Waals surface area (Å²) in [4.78, 5) is 26.2. The Hall–Kier alpha value is -2.44. The minimum atomic E-state index is -0.812. The molecule has 0 radical (unpaired) electrons. The predicted molar refractivity (Wildman–Crippen MR) is 278 cm³/mol. The smallest absolute Gasteiger partial charge is 0.306 e. The van der Waals surface area contributed by atoms with E-state index in [9.17, 15) is 19.8 Å². The second-order valence-electron chi connectivity index (χ2n) is 18.6. The number of aliphatic hydroxyl groups is 2. The molecule has 0 aliphatic heterocycles. The van der Waals surface area contributed by atoms with Crippen LogP contribution in [0.1, 0.15) is 271 Å². The summed E-state index contributed by atoms with van der Waals surface area (Å²) in [5.41, 5.74) is 0. The van der Waals surface area contributed by atoms with E-state index in [-0.39, 0.29) is 24.9 Å². The zero-order chi connectivity index (χ0) is 46.7. The zero-order valence-electron chi connectivity index (χ0n) is 42.4.